The van der Waals surface area contributed by atoms with Gasteiger partial charge in [-0.05, 0) is 25.0 Å². The molecule has 1 N–H and O–H groups in total. The summed E-state index contributed by atoms with van der Waals surface area (Å²) in [5.74, 6) is -0.427. The van der Waals surface area contributed by atoms with Gasteiger partial charge >= 0.3 is 0 Å². The van der Waals surface area contributed by atoms with Crippen molar-refractivity contribution in [2.45, 2.75) is 24.0 Å². The van der Waals surface area contributed by atoms with E-state index in [4.69, 9.17) is 4.42 Å². The van der Waals surface area contributed by atoms with E-state index in [1.807, 2.05) is 0 Å². The van der Waals surface area contributed by atoms with Gasteiger partial charge in [0.25, 0.3) is 15.9 Å². The third-order valence-electron chi connectivity index (χ3n) is 3.21. The van der Waals surface area contributed by atoms with Gasteiger partial charge in [0.15, 0.2) is 5.76 Å². The largest absolute Gasteiger partial charge is 0.438 e. The number of furan rings is 1. The fraction of sp³-hybridized carbons (Fsp3) is 0.583. The van der Waals surface area contributed by atoms with Crippen molar-refractivity contribution in [3.63, 3.8) is 0 Å². The molecule has 1 atom stereocenters. The molecule has 1 aliphatic rings. The lowest BCUT2D eigenvalue weighted by Crippen LogP contribution is -2.42. The summed E-state index contributed by atoms with van der Waals surface area (Å²) in [7, 11) is -0.906. The zero-order chi connectivity index (χ0) is 14.9. The van der Waals surface area contributed by atoms with E-state index in [1.165, 1.54) is 31.1 Å². The molecular weight excluding hydrogens is 284 g/mol. The lowest BCUT2D eigenvalue weighted by Gasteiger charge is -2.29. The van der Waals surface area contributed by atoms with Crippen LogP contribution in [-0.4, -0.2) is 61.9 Å². The number of aliphatic hydroxyl groups excluding tert-OH is 1. The van der Waals surface area contributed by atoms with Crippen LogP contribution in [0.25, 0.3) is 0 Å². The molecule has 1 amide bonds. The van der Waals surface area contributed by atoms with E-state index in [1.54, 1.807) is 0 Å². The first kappa shape index (κ1) is 15.0. The summed E-state index contributed by atoms with van der Waals surface area (Å²) in [6.07, 6.45) is 0.853. The second-order valence-electron chi connectivity index (χ2n) is 4.95. The van der Waals surface area contributed by atoms with Crippen LogP contribution < -0.4 is 0 Å². The Morgan fingerprint density at radius 2 is 2.15 bits per heavy atom. The Hall–Kier alpha value is -1.38. The molecule has 1 unspecified atom stereocenters. The van der Waals surface area contributed by atoms with Gasteiger partial charge in [0.1, 0.15) is 0 Å². The molecule has 8 heteroatoms. The summed E-state index contributed by atoms with van der Waals surface area (Å²) in [4.78, 5) is 13.6. The molecule has 1 saturated heterocycles. The average Bonchev–Trinajstić information content (AvgIpc) is 2.87. The number of rotatable bonds is 3. The van der Waals surface area contributed by atoms with Crippen molar-refractivity contribution in [2.24, 2.45) is 0 Å². The number of amides is 1. The Bertz CT molecular complexity index is 593. The summed E-state index contributed by atoms with van der Waals surface area (Å²) in [6.45, 7) is 0.779. The molecule has 1 fully saturated rings. The minimum Gasteiger partial charge on any atom is -0.438 e. The van der Waals surface area contributed by atoms with Crippen molar-refractivity contribution in [1.82, 2.24) is 9.21 Å². The molecule has 0 spiro atoms. The molecular formula is C12H18N2O5S. The number of hydrogen-bond acceptors (Lipinski definition) is 5. The first-order valence-corrected chi connectivity index (χ1v) is 7.76. The van der Waals surface area contributed by atoms with Gasteiger partial charge in [0.2, 0.25) is 5.09 Å². The SMILES string of the molecule is CN(C)S(=O)(=O)c1ccc(C(=O)N2CCCC(O)C2)o1. The van der Waals surface area contributed by atoms with E-state index in [0.29, 0.717) is 13.0 Å². The van der Waals surface area contributed by atoms with Gasteiger partial charge in [-0.15, -0.1) is 0 Å². The molecule has 2 heterocycles. The van der Waals surface area contributed by atoms with Gasteiger partial charge in [0, 0.05) is 27.2 Å². The third-order valence-corrected chi connectivity index (χ3v) is 4.90. The van der Waals surface area contributed by atoms with E-state index in [2.05, 4.69) is 0 Å². The Morgan fingerprint density at radius 1 is 1.45 bits per heavy atom. The fourth-order valence-corrected chi connectivity index (χ4v) is 2.84. The maximum Gasteiger partial charge on any atom is 0.289 e. The normalized spacial score (nSPS) is 20.4. The monoisotopic (exact) mass is 302 g/mol. The number of nitrogens with zero attached hydrogens (tertiary/aromatic N) is 2. The molecule has 0 saturated carbocycles. The highest BCUT2D eigenvalue weighted by Gasteiger charge is 2.28. The van der Waals surface area contributed by atoms with Gasteiger partial charge in [-0.25, -0.2) is 12.7 Å². The summed E-state index contributed by atoms with van der Waals surface area (Å²) in [6, 6.07) is 2.61. The van der Waals surface area contributed by atoms with Crippen LogP contribution in [0.3, 0.4) is 0 Å². The summed E-state index contributed by atoms with van der Waals surface area (Å²) in [5.41, 5.74) is 0. The molecule has 0 aromatic carbocycles. The van der Waals surface area contributed by atoms with Crippen molar-refractivity contribution >= 4 is 15.9 Å². The number of aliphatic hydroxyl groups is 1. The number of carbonyl (C=O) groups is 1. The predicted molar refractivity (Wildman–Crippen MR) is 70.7 cm³/mol. The zero-order valence-corrected chi connectivity index (χ0v) is 12.3. The number of piperidine rings is 1. The van der Waals surface area contributed by atoms with Crippen molar-refractivity contribution in [2.75, 3.05) is 27.2 Å². The van der Waals surface area contributed by atoms with Crippen LogP contribution in [0.1, 0.15) is 23.4 Å². The quantitative estimate of drug-likeness (QED) is 0.857. The fourth-order valence-electron chi connectivity index (χ4n) is 2.05. The van der Waals surface area contributed by atoms with Crippen LogP contribution >= 0.6 is 0 Å². The molecule has 1 aromatic rings. The average molecular weight is 302 g/mol. The number of likely N-dealkylation sites (tertiary alicyclic amines) is 1. The van der Waals surface area contributed by atoms with E-state index >= 15 is 0 Å². The summed E-state index contributed by atoms with van der Waals surface area (Å²) >= 11 is 0. The van der Waals surface area contributed by atoms with Crippen LogP contribution in [0, 0.1) is 0 Å². The number of β-amino-alcohol motifs (C(OH)–C–C–N with tert-alkyl or cyclic N) is 1. The number of hydrogen-bond donors (Lipinski definition) is 1. The van der Waals surface area contributed by atoms with E-state index < -0.39 is 22.0 Å². The van der Waals surface area contributed by atoms with E-state index in [0.717, 1.165) is 10.7 Å². The predicted octanol–water partition coefficient (Wildman–Crippen LogP) is 0.127. The van der Waals surface area contributed by atoms with Crippen LogP contribution in [0.4, 0.5) is 0 Å². The molecule has 0 bridgehead atoms. The second-order valence-corrected chi connectivity index (χ2v) is 7.04. The van der Waals surface area contributed by atoms with Crippen LogP contribution in [0.2, 0.25) is 0 Å². The van der Waals surface area contributed by atoms with Crippen LogP contribution in [0.15, 0.2) is 21.6 Å². The molecule has 1 aromatic heterocycles. The van der Waals surface area contributed by atoms with Crippen molar-refractivity contribution in [3.05, 3.63) is 17.9 Å². The standard InChI is InChI=1S/C12H18N2O5S/c1-13(2)20(17,18)11-6-5-10(19-11)12(16)14-7-3-4-9(15)8-14/h5-6,9,15H,3-4,7-8H2,1-2H3. The maximum absolute atomic E-state index is 12.2. The third kappa shape index (κ3) is 2.87. The van der Waals surface area contributed by atoms with Gasteiger partial charge < -0.3 is 14.4 Å². The minimum atomic E-state index is -3.68. The molecule has 2 rings (SSSR count). The van der Waals surface area contributed by atoms with Crippen LogP contribution in [-0.2, 0) is 10.0 Å². The van der Waals surface area contributed by atoms with Gasteiger partial charge in [-0.3, -0.25) is 4.79 Å². The van der Waals surface area contributed by atoms with Crippen molar-refractivity contribution in [3.8, 4) is 0 Å². The zero-order valence-electron chi connectivity index (χ0n) is 11.4. The highest BCUT2D eigenvalue weighted by Crippen LogP contribution is 2.20. The second kappa shape index (κ2) is 5.55. The molecule has 7 nitrogen and oxygen atoms in total. The molecule has 0 aliphatic carbocycles. The molecule has 0 radical (unpaired) electrons. The van der Waals surface area contributed by atoms with Crippen molar-refractivity contribution in [1.29, 1.82) is 0 Å². The lowest BCUT2D eigenvalue weighted by atomic mass is 10.1. The van der Waals surface area contributed by atoms with Gasteiger partial charge in [0.05, 0.1) is 6.10 Å². The van der Waals surface area contributed by atoms with Gasteiger partial charge in [-0.2, -0.15) is 0 Å². The Kier molecular flexibility index (Phi) is 4.17. The topological polar surface area (TPSA) is 91.1 Å². The molecule has 112 valence electrons. The first-order valence-electron chi connectivity index (χ1n) is 6.32. The Morgan fingerprint density at radius 3 is 2.75 bits per heavy atom. The first-order chi connectivity index (χ1) is 9.32. The van der Waals surface area contributed by atoms with E-state index in [-0.39, 0.29) is 17.4 Å². The summed E-state index contributed by atoms with van der Waals surface area (Å²) in [5, 5.41) is 9.29. The maximum atomic E-state index is 12.2. The molecule has 20 heavy (non-hydrogen) atoms. The molecule has 1 aliphatic heterocycles. The number of carbonyl (C=O) groups excluding carboxylic acids is 1. The van der Waals surface area contributed by atoms with Gasteiger partial charge in [-0.1, -0.05) is 0 Å². The summed E-state index contributed by atoms with van der Waals surface area (Å²) < 4.78 is 29.9. The number of sulfonamides is 1. The van der Waals surface area contributed by atoms with Crippen LogP contribution in [0.5, 0.6) is 0 Å². The van der Waals surface area contributed by atoms with E-state index in [9.17, 15) is 18.3 Å². The van der Waals surface area contributed by atoms with Crippen molar-refractivity contribution < 1.29 is 22.7 Å². The minimum absolute atomic E-state index is 0.0282. The Labute approximate surface area is 117 Å². The lowest BCUT2D eigenvalue weighted by molar-refractivity contribution is 0.0444. The highest BCUT2D eigenvalue weighted by molar-refractivity contribution is 7.88. The smallest absolute Gasteiger partial charge is 0.289 e. The highest BCUT2D eigenvalue weighted by atomic mass is 32.2. The Balaban J connectivity index is 2.19.